The number of hydrogen-bond donors (Lipinski definition) is 1. The molecule has 2 aliphatic rings. The molecule has 2 aromatic rings. The maximum Gasteiger partial charge on any atom is 0.327 e. The van der Waals surface area contributed by atoms with E-state index in [1.54, 1.807) is 37.5 Å². The molecule has 4 rings (SSSR count). The normalized spacial score (nSPS) is 21.4. The highest BCUT2D eigenvalue weighted by Gasteiger charge is 2.42. The summed E-state index contributed by atoms with van der Waals surface area (Å²) in [6, 6.07) is 5.93. The zero-order valence-electron chi connectivity index (χ0n) is 17.4. The first-order valence-electron chi connectivity index (χ1n) is 10.5. The molecule has 1 aliphatic carbocycles. The van der Waals surface area contributed by atoms with Crippen LogP contribution in [0.3, 0.4) is 0 Å². The van der Waals surface area contributed by atoms with Crippen LogP contribution in [0.1, 0.15) is 36.9 Å². The summed E-state index contributed by atoms with van der Waals surface area (Å²) in [6.45, 7) is 3.23. The fraction of sp³-hybridized carbons (Fsp3) is 0.435. The number of rotatable bonds is 8. The van der Waals surface area contributed by atoms with Gasteiger partial charge in [0.05, 0.1) is 18.8 Å². The number of carbonyl (C=O) groups excluding carboxylic acids is 2. The van der Waals surface area contributed by atoms with Crippen LogP contribution in [0.4, 0.5) is 4.39 Å². The Morgan fingerprint density at radius 2 is 2.13 bits per heavy atom. The van der Waals surface area contributed by atoms with Gasteiger partial charge in [0.2, 0.25) is 0 Å². The van der Waals surface area contributed by atoms with Crippen LogP contribution >= 0.6 is 12.6 Å². The van der Waals surface area contributed by atoms with Gasteiger partial charge in [0.15, 0.2) is 5.78 Å². The van der Waals surface area contributed by atoms with Crippen LogP contribution in [-0.4, -0.2) is 51.4 Å². The van der Waals surface area contributed by atoms with E-state index in [0.29, 0.717) is 25.3 Å². The number of Topliss-reactive ketones (excluding diaryl/α,β-unsaturated/α-hetero) is 1. The molecule has 1 aliphatic heterocycles. The number of carbonyl (C=O) groups is 2. The molecule has 0 radical (unpaired) electrons. The molecule has 1 aromatic carbocycles. The zero-order chi connectivity index (χ0) is 22.0. The van der Waals surface area contributed by atoms with E-state index in [9.17, 15) is 14.0 Å². The van der Waals surface area contributed by atoms with Gasteiger partial charge in [-0.2, -0.15) is 17.7 Å². The molecular weight excluding hydrogens is 417 g/mol. The molecule has 31 heavy (non-hydrogen) atoms. The number of hydrogen-bond acceptors (Lipinski definition) is 6. The third kappa shape index (κ3) is 5.07. The van der Waals surface area contributed by atoms with Gasteiger partial charge in [-0.3, -0.25) is 19.2 Å². The number of ketones is 1. The first-order valence-corrected chi connectivity index (χ1v) is 11.1. The van der Waals surface area contributed by atoms with Crippen molar-refractivity contribution in [3.63, 3.8) is 0 Å². The summed E-state index contributed by atoms with van der Waals surface area (Å²) in [5.74, 6) is -0.573. The van der Waals surface area contributed by atoms with E-state index in [1.807, 2.05) is 11.0 Å². The van der Waals surface area contributed by atoms with E-state index in [2.05, 4.69) is 5.10 Å². The van der Waals surface area contributed by atoms with Crippen molar-refractivity contribution in [2.45, 2.75) is 37.6 Å². The average molecular weight is 444 g/mol. The molecule has 6 nitrogen and oxygen atoms in total. The molecule has 2 fully saturated rings. The second-order valence-electron chi connectivity index (χ2n) is 8.04. The Morgan fingerprint density at radius 3 is 2.84 bits per heavy atom. The van der Waals surface area contributed by atoms with Crippen LogP contribution in [0.5, 0.6) is 0 Å². The van der Waals surface area contributed by atoms with Crippen LogP contribution in [0, 0.1) is 11.7 Å². The second-order valence-corrected chi connectivity index (χ2v) is 8.66. The van der Waals surface area contributed by atoms with Gasteiger partial charge in [-0.1, -0.05) is 24.3 Å². The van der Waals surface area contributed by atoms with Gasteiger partial charge in [0.25, 0.3) is 0 Å². The highest BCUT2D eigenvalue weighted by molar-refractivity contribution is 7.81. The Balaban J connectivity index is 1.53. The van der Waals surface area contributed by atoms with Crippen molar-refractivity contribution in [2.24, 2.45) is 5.92 Å². The summed E-state index contributed by atoms with van der Waals surface area (Å²) in [4.78, 5) is 26.7. The first-order chi connectivity index (χ1) is 15.0. The van der Waals surface area contributed by atoms with Crippen LogP contribution in [0.2, 0.25) is 0 Å². The number of benzene rings is 1. The minimum Gasteiger partial charge on any atom is -0.465 e. The molecule has 0 bridgehead atoms. The number of thiol groups is 1. The van der Waals surface area contributed by atoms with Crippen molar-refractivity contribution in [3.8, 4) is 0 Å². The summed E-state index contributed by atoms with van der Waals surface area (Å²) in [5, 5.41) is 4.13. The van der Waals surface area contributed by atoms with E-state index in [-0.39, 0.29) is 35.3 Å². The van der Waals surface area contributed by atoms with Crippen molar-refractivity contribution >= 4 is 30.5 Å². The molecule has 2 unspecified atom stereocenters. The number of ether oxygens (including phenoxy) is 1. The topological polar surface area (TPSA) is 64.4 Å². The monoisotopic (exact) mass is 443 g/mol. The number of likely N-dealkylation sites (tertiary alicyclic amines) is 1. The molecule has 8 heteroatoms. The Labute approximate surface area is 186 Å². The highest BCUT2D eigenvalue weighted by Crippen LogP contribution is 2.40. The number of aromatic nitrogens is 2. The van der Waals surface area contributed by atoms with Gasteiger partial charge in [0.1, 0.15) is 12.4 Å². The molecule has 2 heterocycles. The molecule has 1 aromatic heterocycles. The summed E-state index contributed by atoms with van der Waals surface area (Å²) in [6.07, 6.45) is 7.19. The van der Waals surface area contributed by atoms with Crippen molar-refractivity contribution < 1.29 is 18.7 Å². The Morgan fingerprint density at radius 1 is 1.35 bits per heavy atom. The van der Waals surface area contributed by atoms with Crippen LogP contribution < -0.4 is 0 Å². The Kier molecular flexibility index (Phi) is 6.57. The fourth-order valence-electron chi connectivity index (χ4n) is 3.99. The third-order valence-electron chi connectivity index (χ3n) is 5.64. The third-order valence-corrected chi connectivity index (χ3v) is 6.13. The predicted octanol–water partition coefficient (Wildman–Crippen LogP) is 3.30. The number of halogens is 1. The number of esters is 1. The van der Waals surface area contributed by atoms with E-state index < -0.39 is 6.04 Å². The quantitative estimate of drug-likeness (QED) is 0.501. The lowest BCUT2D eigenvalue weighted by atomic mass is 9.97. The van der Waals surface area contributed by atoms with Gasteiger partial charge >= 0.3 is 5.97 Å². The molecule has 0 amide bonds. The minimum atomic E-state index is -0.596. The summed E-state index contributed by atoms with van der Waals surface area (Å²) >= 11 is 4.72. The maximum atomic E-state index is 14.6. The smallest absolute Gasteiger partial charge is 0.327 e. The molecule has 164 valence electrons. The summed E-state index contributed by atoms with van der Waals surface area (Å²) < 4.78 is 21.1. The first kappa shape index (κ1) is 21.8. The van der Waals surface area contributed by atoms with E-state index in [0.717, 1.165) is 24.0 Å². The second kappa shape index (κ2) is 9.36. The lowest BCUT2D eigenvalue weighted by Crippen LogP contribution is -2.34. The van der Waals surface area contributed by atoms with E-state index >= 15 is 0 Å². The van der Waals surface area contributed by atoms with Crippen LogP contribution in [0.25, 0.3) is 6.08 Å². The Hall–Kier alpha value is -2.45. The summed E-state index contributed by atoms with van der Waals surface area (Å²) in [5.41, 5.74) is 2.31. The van der Waals surface area contributed by atoms with Gasteiger partial charge in [-0.15, -0.1) is 0 Å². The molecule has 2 atom stereocenters. The van der Waals surface area contributed by atoms with Crippen LogP contribution in [0.15, 0.2) is 42.2 Å². The van der Waals surface area contributed by atoms with Gasteiger partial charge in [-0.25, -0.2) is 4.39 Å². The van der Waals surface area contributed by atoms with Crippen LogP contribution in [-0.2, 0) is 20.9 Å². The predicted molar refractivity (Wildman–Crippen MR) is 118 cm³/mol. The van der Waals surface area contributed by atoms with Crippen molar-refractivity contribution in [1.29, 1.82) is 0 Å². The largest absolute Gasteiger partial charge is 0.465 e. The maximum absolute atomic E-state index is 14.6. The SMILES string of the molecule is CCOC(=O)Cn1cc(/C=C2\CN(C(C(=O)C3CC3)c3ccccc3F)CC2S)cn1. The van der Waals surface area contributed by atoms with Gasteiger partial charge in [-0.05, 0) is 31.4 Å². The van der Waals surface area contributed by atoms with Crippen molar-refractivity contribution in [3.05, 3.63) is 59.2 Å². The molecule has 0 N–H and O–H groups in total. The number of nitrogens with zero attached hydrogens (tertiary/aromatic N) is 3. The fourth-order valence-corrected chi connectivity index (χ4v) is 4.36. The molecular formula is C23H26FN3O3S. The average Bonchev–Trinajstić information content (AvgIpc) is 3.41. The standard InChI is InChI=1S/C23H26FN3O3S/c1-2-30-21(28)14-27-11-15(10-25-27)9-17-12-26(13-20(17)31)22(23(29)16-7-8-16)18-5-3-4-6-19(18)24/h3-6,9-11,16,20,22,31H,2,7-8,12-14H2,1H3/b17-9+. The molecule has 0 spiro atoms. The van der Waals surface area contributed by atoms with Crippen molar-refractivity contribution in [1.82, 2.24) is 14.7 Å². The summed E-state index contributed by atoms with van der Waals surface area (Å²) in [7, 11) is 0. The van der Waals surface area contributed by atoms with Crippen molar-refractivity contribution in [2.75, 3.05) is 19.7 Å². The molecule has 1 saturated heterocycles. The van der Waals surface area contributed by atoms with Gasteiger partial charge < -0.3 is 4.74 Å². The lowest BCUT2D eigenvalue weighted by Gasteiger charge is -2.27. The minimum absolute atomic E-state index is 0.0251. The lowest BCUT2D eigenvalue weighted by molar-refractivity contribution is -0.144. The van der Waals surface area contributed by atoms with E-state index in [1.165, 1.54) is 10.7 Å². The zero-order valence-corrected chi connectivity index (χ0v) is 18.3. The highest BCUT2D eigenvalue weighted by atomic mass is 32.1. The Bertz CT molecular complexity index is 1000. The van der Waals surface area contributed by atoms with Gasteiger partial charge in [0, 0.05) is 41.6 Å². The van der Waals surface area contributed by atoms with E-state index in [4.69, 9.17) is 17.4 Å². The molecule has 1 saturated carbocycles.